The summed E-state index contributed by atoms with van der Waals surface area (Å²) in [6.45, 7) is 1.36. The summed E-state index contributed by atoms with van der Waals surface area (Å²) in [6, 6.07) is 3.88. The van der Waals surface area contributed by atoms with Gasteiger partial charge in [-0.3, -0.25) is 9.20 Å². The third kappa shape index (κ3) is 4.02. The van der Waals surface area contributed by atoms with Gasteiger partial charge in [-0.15, -0.1) is 0 Å². The normalized spacial score (nSPS) is 16.9. The molecule has 0 aromatic carbocycles. The first-order chi connectivity index (χ1) is 14.0. The van der Waals surface area contributed by atoms with Gasteiger partial charge in [-0.2, -0.15) is 4.98 Å². The maximum Gasteiger partial charge on any atom is 0.280 e. The van der Waals surface area contributed by atoms with E-state index < -0.39 is 18.0 Å². The molecule has 0 saturated carbocycles. The molecule has 1 unspecified atom stereocenters. The van der Waals surface area contributed by atoms with Crippen molar-refractivity contribution in [2.75, 3.05) is 25.6 Å². The number of aromatic nitrogens is 4. The van der Waals surface area contributed by atoms with Gasteiger partial charge in [-0.25, -0.2) is 18.7 Å². The molecular weight excluding hydrogens is 384 g/mol. The monoisotopic (exact) mass is 403 g/mol. The standard InChI is InChI=1S/C19H19F2N5O3/c1-28-18-15(23-17(27)13-6-2-5-12(22-13)16(20)21)9-26-8-14(24-19(26)25-18)11-4-3-7-29-10-11/h2,5-6,8-9,11,16H,3-4,7,10H2,1H3,(H,23,27). The number of carbonyl (C=O) groups is 1. The third-order valence-electron chi connectivity index (χ3n) is 4.68. The van der Waals surface area contributed by atoms with Crippen molar-refractivity contribution in [2.45, 2.75) is 25.2 Å². The van der Waals surface area contributed by atoms with E-state index >= 15 is 0 Å². The Morgan fingerprint density at radius 1 is 1.31 bits per heavy atom. The van der Waals surface area contributed by atoms with E-state index in [1.807, 2.05) is 6.20 Å². The minimum Gasteiger partial charge on any atom is -0.479 e. The van der Waals surface area contributed by atoms with Gasteiger partial charge in [0, 0.05) is 24.9 Å². The summed E-state index contributed by atoms with van der Waals surface area (Å²) in [6.07, 6.45) is 2.66. The third-order valence-corrected chi connectivity index (χ3v) is 4.68. The number of rotatable bonds is 5. The summed E-state index contributed by atoms with van der Waals surface area (Å²) >= 11 is 0. The maximum atomic E-state index is 12.8. The fraction of sp³-hybridized carbons (Fsp3) is 0.368. The topological polar surface area (TPSA) is 90.6 Å². The lowest BCUT2D eigenvalue weighted by Gasteiger charge is -2.19. The van der Waals surface area contributed by atoms with E-state index in [2.05, 4.69) is 20.3 Å². The highest BCUT2D eigenvalue weighted by Gasteiger charge is 2.21. The summed E-state index contributed by atoms with van der Waals surface area (Å²) in [7, 11) is 1.42. The molecule has 152 valence electrons. The molecule has 0 spiro atoms. The van der Waals surface area contributed by atoms with Gasteiger partial charge < -0.3 is 14.8 Å². The molecule has 10 heteroatoms. The second kappa shape index (κ2) is 8.08. The molecule has 8 nitrogen and oxygen atoms in total. The van der Waals surface area contributed by atoms with Crippen LogP contribution >= 0.6 is 0 Å². The van der Waals surface area contributed by atoms with E-state index in [1.165, 1.54) is 19.2 Å². The largest absolute Gasteiger partial charge is 0.479 e. The van der Waals surface area contributed by atoms with Gasteiger partial charge >= 0.3 is 0 Å². The van der Waals surface area contributed by atoms with Crippen LogP contribution in [0, 0.1) is 0 Å². The number of fused-ring (bicyclic) bond motifs is 1. The van der Waals surface area contributed by atoms with Gasteiger partial charge in [-0.05, 0) is 25.0 Å². The van der Waals surface area contributed by atoms with Crippen LogP contribution in [0.1, 0.15) is 47.1 Å². The molecule has 1 saturated heterocycles. The first kappa shape index (κ1) is 19.2. The Kier molecular flexibility index (Phi) is 5.34. The second-order valence-electron chi connectivity index (χ2n) is 6.65. The second-order valence-corrected chi connectivity index (χ2v) is 6.65. The van der Waals surface area contributed by atoms with Crippen molar-refractivity contribution < 1.29 is 23.0 Å². The lowest BCUT2D eigenvalue weighted by molar-refractivity contribution is 0.0794. The van der Waals surface area contributed by atoms with Crippen LogP contribution in [-0.2, 0) is 4.74 Å². The molecule has 0 bridgehead atoms. The zero-order valence-corrected chi connectivity index (χ0v) is 15.6. The summed E-state index contributed by atoms with van der Waals surface area (Å²) in [5.74, 6) is 0.134. The zero-order valence-electron chi connectivity index (χ0n) is 15.6. The quantitative estimate of drug-likeness (QED) is 0.704. The molecule has 3 aromatic rings. The van der Waals surface area contributed by atoms with Gasteiger partial charge in [0.2, 0.25) is 11.7 Å². The molecule has 29 heavy (non-hydrogen) atoms. The Bertz CT molecular complexity index is 1030. The number of methoxy groups -OCH3 is 1. The highest BCUT2D eigenvalue weighted by Crippen LogP contribution is 2.28. The number of nitrogens with zero attached hydrogens (tertiary/aromatic N) is 4. The molecule has 3 aromatic heterocycles. The number of pyridine rings is 1. The van der Waals surface area contributed by atoms with Crippen molar-refractivity contribution in [1.82, 2.24) is 19.4 Å². The molecule has 1 N–H and O–H groups in total. The lowest BCUT2D eigenvalue weighted by Crippen LogP contribution is -2.16. The number of anilines is 1. The van der Waals surface area contributed by atoms with Crippen molar-refractivity contribution in [3.8, 4) is 5.88 Å². The van der Waals surface area contributed by atoms with Crippen molar-refractivity contribution in [1.29, 1.82) is 0 Å². The molecular formula is C19H19F2N5O3. The summed E-state index contributed by atoms with van der Waals surface area (Å²) in [4.78, 5) is 25.1. The first-order valence-corrected chi connectivity index (χ1v) is 9.13. The number of imidazole rings is 1. The highest BCUT2D eigenvalue weighted by atomic mass is 19.3. The van der Waals surface area contributed by atoms with E-state index in [0.29, 0.717) is 12.4 Å². The molecule has 0 aliphatic carbocycles. The fourth-order valence-electron chi connectivity index (χ4n) is 3.22. The van der Waals surface area contributed by atoms with Crippen LogP contribution in [0.2, 0.25) is 0 Å². The van der Waals surface area contributed by atoms with Crippen molar-refractivity contribution in [3.63, 3.8) is 0 Å². The van der Waals surface area contributed by atoms with Gasteiger partial charge in [0.15, 0.2) is 0 Å². The lowest BCUT2D eigenvalue weighted by atomic mass is 9.99. The number of alkyl halides is 2. The Morgan fingerprint density at radius 2 is 2.17 bits per heavy atom. The van der Waals surface area contributed by atoms with Crippen molar-refractivity contribution >= 4 is 17.4 Å². The smallest absolute Gasteiger partial charge is 0.280 e. The number of ether oxygens (including phenoxy) is 2. The molecule has 4 rings (SSSR count). The number of nitrogens with one attached hydrogen (secondary N) is 1. The number of hydrogen-bond donors (Lipinski definition) is 1. The summed E-state index contributed by atoms with van der Waals surface area (Å²) in [5, 5.41) is 2.62. The predicted octanol–water partition coefficient (Wildman–Crippen LogP) is 3.22. The van der Waals surface area contributed by atoms with Gasteiger partial charge in [0.05, 0.1) is 19.4 Å². The number of halogens is 2. The zero-order chi connectivity index (χ0) is 20.4. The average molecular weight is 403 g/mol. The van der Waals surface area contributed by atoms with E-state index in [9.17, 15) is 13.6 Å². The molecule has 1 amide bonds. The van der Waals surface area contributed by atoms with Crippen LogP contribution in [0.5, 0.6) is 5.88 Å². The van der Waals surface area contributed by atoms with Crippen LogP contribution < -0.4 is 10.1 Å². The van der Waals surface area contributed by atoms with Gasteiger partial charge in [-0.1, -0.05) is 6.07 Å². The van der Waals surface area contributed by atoms with Crippen LogP contribution in [0.15, 0.2) is 30.6 Å². The van der Waals surface area contributed by atoms with E-state index in [0.717, 1.165) is 31.2 Å². The van der Waals surface area contributed by atoms with Crippen molar-refractivity contribution in [2.24, 2.45) is 0 Å². The minimum absolute atomic E-state index is 0.129. The Labute approximate surface area is 164 Å². The van der Waals surface area contributed by atoms with Gasteiger partial charge in [0.25, 0.3) is 12.3 Å². The molecule has 0 radical (unpaired) electrons. The molecule has 1 aliphatic rings. The number of hydrogen-bond acceptors (Lipinski definition) is 6. The minimum atomic E-state index is -2.76. The maximum absolute atomic E-state index is 12.8. The van der Waals surface area contributed by atoms with Crippen LogP contribution in [-0.4, -0.2) is 45.6 Å². The Balaban J connectivity index is 1.62. The summed E-state index contributed by atoms with van der Waals surface area (Å²) in [5.41, 5.74) is 0.537. The van der Waals surface area contributed by atoms with Crippen LogP contribution in [0.4, 0.5) is 14.5 Å². The number of carbonyl (C=O) groups excluding carboxylic acids is 1. The van der Waals surface area contributed by atoms with Crippen LogP contribution in [0.3, 0.4) is 0 Å². The highest BCUT2D eigenvalue weighted by molar-refractivity contribution is 6.03. The fourth-order valence-corrected chi connectivity index (χ4v) is 3.22. The predicted molar refractivity (Wildman–Crippen MR) is 99.5 cm³/mol. The first-order valence-electron chi connectivity index (χ1n) is 9.13. The van der Waals surface area contributed by atoms with E-state index in [-0.39, 0.29) is 23.2 Å². The van der Waals surface area contributed by atoms with Crippen LogP contribution in [0.25, 0.3) is 5.78 Å². The SMILES string of the molecule is COc1nc2nc(C3CCCOC3)cn2cc1NC(=O)c1cccc(C(F)F)n1. The molecule has 1 atom stereocenters. The van der Waals surface area contributed by atoms with Crippen molar-refractivity contribution in [3.05, 3.63) is 47.7 Å². The number of amides is 1. The Morgan fingerprint density at radius 3 is 2.90 bits per heavy atom. The van der Waals surface area contributed by atoms with E-state index in [4.69, 9.17) is 9.47 Å². The Hall–Kier alpha value is -3.14. The summed E-state index contributed by atoms with van der Waals surface area (Å²) < 4.78 is 38.2. The van der Waals surface area contributed by atoms with E-state index in [1.54, 1.807) is 10.6 Å². The molecule has 1 aliphatic heterocycles. The van der Waals surface area contributed by atoms with Gasteiger partial charge in [0.1, 0.15) is 17.1 Å². The average Bonchev–Trinajstić information content (AvgIpc) is 3.16. The molecule has 1 fully saturated rings. The molecule has 4 heterocycles.